The lowest BCUT2D eigenvalue weighted by Crippen LogP contribution is -2.22. The Labute approximate surface area is 110 Å². The highest BCUT2D eigenvalue weighted by Crippen LogP contribution is 2.13. The fourth-order valence-corrected chi connectivity index (χ4v) is 2.76. The van der Waals surface area contributed by atoms with Gasteiger partial charge in [0.25, 0.3) is 0 Å². The van der Waals surface area contributed by atoms with E-state index in [1.54, 1.807) is 10.6 Å². The summed E-state index contributed by atoms with van der Waals surface area (Å²) in [6.07, 6.45) is 2.75. The van der Waals surface area contributed by atoms with Crippen molar-refractivity contribution in [2.45, 2.75) is 25.1 Å². The smallest absolute Gasteiger partial charge is 0.330 e. The van der Waals surface area contributed by atoms with Crippen LogP contribution in [0.1, 0.15) is 13.3 Å². The quantitative estimate of drug-likeness (QED) is 0.846. The van der Waals surface area contributed by atoms with Crippen molar-refractivity contribution in [1.29, 1.82) is 0 Å². The first-order valence-corrected chi connectivity index (χ1v) is 7.13. The van der Waals surface area contributed by atoms with Gasteiger partial charge in [0.1, 0.15) is 0 Å². The van der Waals surface area contributed by atoms with Crippen molar-refractivity contribution >= 4 is 17.4 Å². The zero-order chi connectivity index (χ0) is 13.0. The molecule has 0 aliphatic carbocycles. The minimum absolute atomic E-state index is 0.0716. The molecule has 0 aromatic carbocycles. The predicted molar refractivity (Wildman–Crippen MR) is 75.0 cm³/mol. The van der Waals surface area contributed by atoms with Crippen molar-refractivity contribution in [3.05, 3.63) is 34.9 Å². The van der Waals surface area contributed by atoms with Crippen molar-refractivity contribution in [2.75, 3.05) is 12.3 Å². The lowest BCUT2D eigenvalue weighted by Gasteiger charge is -2.08. The molecule has 0 bridgehead atoms. The van der Waals surface area contributed by atoms with E-state index in [9.17, 15) is 4.79 Å². The molecule has 2 N–H and O–H groups in total. The SMILES string of the molecule is CC(CCN)SCCn1nc2ccccn2c1=O. The highest BCUT2D eigenvalue weighted by Gasteiger charge is 2.06. The molecule has 1 atom stereocenters. The minimum Gasteiger partial charge on any atom is -0.330 e. The first-order valence-electron chi connectivity index (χ1n) is 6.08. The van der Waals surface area contributed by atoms with Crippen LogP contribution in [0.3, 0.4) is 0 Å². The van der Waals surface area contributed by atoms with Crippen LogP contribution in [0.2, 0.25) is 0 Å². The van der Waals surface area contributed by atoms with Crippen molar-refractivity contribution in [3.8, 4) is 0 Å². The maximum atomic E-state index is 12.0. The predicted octanol–water partition coefficient (Wildman–Crippen LogP) is 0.966. The van der Waals surface area contributed by atoms with Crippen LogP contribution in [0.4, 0.5) is 0 Å². The van der Waals surface area contributed by atoms with Gasteiger partial charge in [0, 0.05) is 17.2 Å². The molecular weight excluding hydrogens is 248 g/mol. The normalized spacial score (nSPS) is 13.0. The van der Waals surface area contributed by atoms with E-state index in [2.05, 4.69) is 12.0 Å². The first kappa shape index (κ1) is 13.2. The van der Waals surface area contributed by atoms with Gasteiger partial charge >= 0.3 is 5.69 Å². The fraction of sp³-hybridized carbons (Fsp3) is 0.500. The number of rotatable bonds is 6. The third-order valence-corrected chi connectivity index (χ3v) is 3.99. The number of nitrogens with two attached hydrogens (primary N) is 1. The lowest BCUT2D eigenvalue weighted by atomic mass is 10.3. The van der Waals surface area contributed by atoms with Crippen LogP contribution >= 0.6 is 11.8 Å². The number of fused-ring (bicyclic) bond motifs is 1. The summed E-state index contributed by atoms with van der Waals surface area (Å²) < 4.78 is 3.09. The summed E-state index contributed by atoms with van der Waals surface area (Å²) in [5.74, 6) is 0.880. The summed E-state index contributed by atoms with van der Waals surface area (Å²) in [6.45, 7) is 3.51. The maximum Gasteiger partial charge on any atom is 0.350 e. The Balaban J connectivity index is 2.00. The molecule has 98 valence electrons. The molecule has 2 rings (SSSR count). The van der Waals surface area contributed by atoms with Gasteiger partial charge in [-0.05, 0) is 25.1 Å². The third-order valence-electron chi connectivity index (χ3n) is 2.77. The molecule has 2 aromatic heterocycles. The van der Waals surface area contributed by atoms with E-state index in [1.165, 1.54) is 4.68 Å². The first-order chi connectivity index (χ1) is 8.72. The van der Waals surface area contributed by atoms with Crippen LogP contribution < -0.4 is 11.4 Å². The van der Waals surface area contributed by atoms with Gasteiger partial charge < -0.3 is 5.73 Å². The number of pyridine rings is 1. The molecule has 5 nitrogen and oxygen atoms in total. The van der Waals surface area contributed by atoms with Crippen LogP contribution in [-0.4, -0.2) is 31.7 Å². The minimum atomic E-state index is -0.0716. The Morgan fingerprint density at radius 3 is 3.06 bits per heavy atom. The second-order valence-corrected chi connectivity index (χ2v) is 5.74. The van der Waals surface area contributed by atoms with Crippen LogP contribution in [0.5, 0.6) is 0 Å². The second-order valence-electron chi connectivity index (χ2n) is 4.19. The van der Waals surface area contributed by atoms with Crippen LogP contribution in [0.15, 0.2) is 29.2 Å². The van der Waals surface area contributed by atoms with Gasteiger partial charge in [-0.3, -0.25) is 4.40 Å². The van der Waals surface area contributed by atoms with Crippen LogP contribution in [-0.2, 0) is 6.54 Å². The van der Waals surface area contributed by atoms with Gasteiger partial charge in [0.05, 0.1) is 6.54 Å². The maximum absolute atomic E-state index is 12.0. The average Bonchev–Trinajstić information content (AvgIpc) is 2.68. The van der Waals surface area contributed by atoms with E-state index >= 15 is 0 Å². The summed E-state index contributed by atoms with van der Waals surface area (Å²) in [7, 11) is 0. The summed E-state index contributed by atoms with van der Waals surface area (Å²) in [5.41, 5.74) is 6.13. The largest absolute Gasteiger partial charge is 0.350 e. The molecule has 0 aliphatic heterocycles. The molecule has 0 saturated carbocycles. The standard InChI is InChI=1S/C12H18N4OS/c1-10(5-6-13)18-9-8-16-12(17)15-7-3-2-4-11(15)14-16/h2-4,7,10H,5-6,8-9,13H2,1H3. The van der Waals surface area contributed by atoms with E-state index in [1.807, 2.05) is 30.0 Å². The molecule has 0 saturated heterocycles. The average molecular weight is 266 g/mol. The second kappa shape index (κ2) is 6.06. The van der Waals surface area contributed by atoms with Gasteiger partial charge in [0.2, 0.25) is 0 Å². The molecule has 0 fully saturated rings. The molecule has 6 heteroatoms. The van der Waals surface area contributed by atoms with Crippen molar-refractivity contribution in [3.63, 3.8) is 0 Å². The van der Waals surface area contributed by atoms with Crippen molar-refractivity contribution in [2.24, 2.45) is 5.73 Å². The number of hydrogen-bond donors (Lipinski definition) is 1. The Bertz CT molecular complexity index is 562. The summed E-state index contributed by atoms with van der Waals surface area (Å²) in [4.78, 5) is 12.0. The zero-order valence-corrected chi connectivity index (χ0v) is 11.3. The number of aromatic nitrogens is 3. The Hall–Kier alpha value is -1.27. The van der Waals surface area contributed by atoms with Crippen LogP contribution in [0.25, 0.3) is 5.65 Å². The topological polar surface area (TPSA) is 65.3 Å². The molecule has 0 amide bonds. The number of hydrogen-bond acceptors (Lipinski definition) is 4. The third kappa shape index (κ3) is 2.94. The zero-order valence-electron chi connectivity index (χ0n) is 10.5. The van der Waals surface area contributed by atoms with E-state index in [4.69, 9.17) is 5.73 Å². The number of nitrogens with zero attached hydrogens (tertiary/aromatic N) is 3. The van der Waals surface area contributed by atoms with E-state index in [0.717, 1.165) is 12.2 Å². The summed E-state index contributed by atoms with van der Waals surface area (Å²) >= 11 is 1.83. The van der Waals surface area contributed by atoms with Gasteiger partial charge in [-0.15, -0.1) is 5.10 Å². The molecular formula is C12H18N4OS. The van der Waals surface area contributed by atoms with Gasteiger partial charge in [-0.1, -0.05) is 13.0 Å². The van der Waals surface area contributed by atoms with Crippen molar-refractivity contribution in [1.82, 2.24) is 14.2 Å². The Morgan fingerprint density at radius 2 is 2.33 bits per heavy atom. The molecule has 0 radical (unpaired) electrons. The number of thioether (sulfide) groups is 1. The van der Waals surface area contributed by atoms with E-state index in [-0.39, 0.29) is 5.69 Å². The summed E-state index contributed by atoms with van der Waals surface area (Å²) in [5, 5.41) is 4.81. The highest BCUT2D eigenvalue weighted by molar-refractivity contribution is 7.99. The molecule has 2 aromatic rings. The van der Waals surface area contributed by atoms with Gasteiger partial charge in [-0.2, -0.15) is 11.8 Å². The van der Waals surface area contributed by atoms with E-state index < -0.39 is 0 Å². The Kier molecular flexibility index (Phi) is 4.43. The molecule has 18 heavy (non-hydrogen) atoms. The van der Waals surface area contributed by atoms with Gasteiger partial charge in [-0.25, -0.2) is 9.48 Å². The molecule has 2 heterocycles. The van der Waals surface area contributed by atoms with Gasteiger partial charge in [0.15, 0.2) is 5.65 Å². The lowest BCUT2D eigenvalue weighted by molar-refractivity contribution is 0.638. The van der Waals surface area contributed by atoms with Crippen molar-refractivity contribution < 1.29 is 0 Å². The van der Waals surface area contributed by atoms with E-state index in [0.29, 0.717) is 24.0 Å². The molecule has 0 spiro atoms. The molecule has 0 aliphatic rings. The fourth-order valence-electron chi connectivity index (χ4n) is 1.77. The Morgan fingerprint density at radius 1 is 1.50 bits per heavy atom. The highest BCUT2D eigenvalue weighted by atomic mass is 32.2. The van der Waals surface area contributed by atoms with Crippen LogP contribution in [0, 0.1) is 0 Å². The number of aryl methyl sites for hydroxylation is 1. The monoisotopic (exact) mass is 266 g/mol. The summed E-state index contributed by atoms with van der Waals surface area (Å²) in [6, 6.07) is 5.55. The molecule has 1 unspecified atom stereocenters.